The van der Waals surface area contributed by atoms with E-state index in [-0.39, 0.29) is 0 Å². The summed E-state index contributed by atoms with van der Waals surface area (Å²) in [5.74, 6) is 0.729. The fraction of sp³-hybridized carbons (Fsp3) is 0. The maximum Gasteiger partial charge on any atom is 0.159 e. The largest absolute Gasteiger partial charge is 0.309 e. The summed E-state index contributed by atoms with van der Waals surface area (Å²) in [6, 6.07) is 54.5. The van der Waals surface area contributed by atoms with Crippen LogP contribution in [0.15, 0.2) is 158 Å². The van der Waals surface area contributed by atoms with Crippen LogP contribution in [0, 0.1) is 0 Å². The van der Waals surface area contributed by atoms with E-state index in [0.29, 0.717) is 0 Å². The van der Waals surface area contributed by atoms with Gasteiger partial charge in [0.25, 0.3) is 0 Å². The lowest BCUT2D eigenvalue weighted by atomic mass is 10.0. The van der Waals surface area contributed by atoms with Gasteiger partial charge in [-0.2, -0.15) is 0 Å². The van der Waals surface area contributed by atoms with Gasteiger partial charge in [-0.3, -0.25) is 0 Å². The summed E-state index contributed by atoms with van der Waals surface area (Å²) in [7, 11) is 0. The Hall–Kier alpha value is -6.52. The molecule has 1 aliphatic rings. The van der Waals surface area contributed by atoms with Crippen molar-refractivity contribution in [2.24, 2.45) is 0 Å². The first kappa shape index (κ1) is 25.6. The van der Waals surface area contributed by atoms with E-state index in [9.17, 15) is 0 Å². The maximum absolute atomic E-state index is 5.19. The third-order valence-corrected chi connectivity index (χ3v) is 10.1. The van der Waals surface area contributed by atoms with Crippen LogP contribution in [-0.2, 0) is 0 Å². The Morgan fingerprint density at radius 2 is 1.00 bits per heavy atom. The van der Waals surface area contributed by atoms with Crippen LogP contribution >= 0.6 is 0 Å². The molecule has 0 atom stereocenters. The van der Waals surface area contributed by atoms with Crippen molar-refractivity contribution in [3.8, 4) is 45.1 Å². The lowest BCUT2D eigenvalue weighted by Crippen LogP contribution is -1.98. The number of fused-ring (bicyclic) bond motifs is 9. The van der Waals surface area contributed by atoms with Crippen LogP contribution in [0.5, 0.6) is 0 Å². The zero-order valence-electron chi connectivity index (χ0n) is 25.8. The average molecular weight is 611 g/mol. The van der Waals surface area contributed by atoms with Gasteiger partial charge < -0.3 is 9.13 Å². The Balaban J connectivity index is 1.12. The van der Waals surface area contributed by atoms with E-state index in [0.717, 1.165) is 39.5 Å². The fourth-order valence-corrected chi connectivity index (χ4v) is 8.05. The first-order valence-electron chi connectivity index (χ1n) is 16.3. The molecule has 0 amide bonds. The Morgan fingerprint density at radius 1 is 0.417 bits per heavy atom. The van der Waals surface area contributed by atoms with Gasteiger partial charge in [0.2, 0.25) is 0 Å². The van der Waals surface area contributed by atoms with Crippen LogP contribution in [0.2, 0.25) is 0 Å². The van der Waals surface area contributed by atoms with Crippen molar-refractivity contribution in [3.63, 3.8) is 0 Å². The van der Waals surface area contributed by atoms with E-state index >= 15 is 0 Å². The van der Waals surface area contributed by atoms with Gasteiger partial charge in [-0.25, -0.2) is 9.97 Å². The van der Waals surface area contributed by atoms with Crippen LogP contribution in [-0.4, -0.2) is 19.1 Å². The molecule has 4 nitrogen and oxygen atoms in total. The predicted molar refractivity (Wildman–Crippen MR) is 198 cm³/mol. The van der Waals surface area contributed by atoms with Crippen molar-refractivity contribution < 1.29 is 0 Å². The Morgan fingerprint density at radius 3 is 1.71 bits per heavy atom. The highest BCUT2D eigenvalue weighted by atomic mass is 15.0. The highest BCUT2D eigenvalue weighted by Crippen LogP contribution is 2.46. The molecule has 0 N–H and O–H groups in total. The highest BCUT2D eigenvalue weighted by Gasteiger charge is 2.24. The molecule has 0 radical (unpaired) electrons. The van der Waals surface area contributed by atoms with E-state index < -0.39 is 0 Å². The molecule has 48 heavy (non-hydrogen) atoms. The number of rotatable bonds is 3. The van der Waals surface area contributed by atoms with Crippen LogP contribution in [0.25, 0.3) is 99.5 Å². The van der Waals surface area contributed by atoms with Crippen LogP contribution in [0.4, 0.5) is 0 Å². The second-order valence-electron chi connectivity index (χ2n) is 12.6. The van der Waals surface area contributed by atoms with Crippen molar-refractivity contribution in [3.05, 3.63) is 158 Å². The molecule has 3 aromatic heterocycles. The van der Waals surface area contributed by atoms with Gasteiger partial charge in [-0.1, -0.05) is 109 Å². The topological polar surface area (TPSA) is 35.6 Å². The lowest BCUT2D eigenvalue weighted by molar-refractivity contribution is 1.15. The predicted octanol–water partition coefficient (Wildman–Crippen LogP) is 11.1. The third kappa shape index (κ3) is 3.43. The highest BCUT2D eigenvalue weighted by molar-refractivity contribution is 6.14. The van der Waals surface area contributed by atoms with Crippen LogP contribution in [0.3, 0.4) is 0 Å². The number of para-hydroxylation sites is 3. The second kappa shape index (κ2) is 9.50. The summed E-state index contributed by atoms with van der Waals surface area (Å²) in [4.78, 5) is 10.1. The van der Waals surface area contributed by atoms with Crippen molar-refractivity contribution in [2.45, 2.75) is 0 Å². The molecule has 222 valence electrons. The van der Waals surface area contributed by atoms with Gasteiger partial charge in [0.05, 0.1) is 27.8 Å². The summed E-state index contributed by atoms with van der Waals surface area (Å²) < 4.78 is 4.77. The fourth-order valence-electron chi connectivity index (χ4n) is 8.05. The molecule has 0 spiro atoms. The van der Waals surface area contributed by atoms with Gasteiger partial charge in [0, 0.05) is 55.8 Å². The molecule has 10 aromatic rings. The van der Waals surface area contributed by atoms with E-state index in [1.807, 2.05) is 6.20 Å². The number of hydrogen-bond acceptors (Lipinski definition) is 2. The molecule has 0 saturated heterocycles. The number of benzene rings is 7. The van der Waals surface area contributed by atoms with Gasteiger partial charge >= 0.3 is 0 Å². The molecule has 7 aromatic carbocycles. The minimum atomic E-state index is 0.729. The van der Waals surface area contributed by atoms with Gasteiger partial charge in [-0.05, 0) is 58.8 Å². The van der Waals surface area contributed by atoms with Crippen LogP contribution in [0.1, 0.15) is 0 Å². The molecule has 0 bridgehead atoms. The average Bonchev–Trinajstić information content (AvgIpc) is 3.78. The molecule has 1 aliphatic carbocycles. The number of nitrogens with zero attached hydrogens (tertiary/aromatic N) is 4. The van der Waals surface area contributed by atoms with Crippen LogP contribution < -0.4 is 0 Å². The summed E-state index contributed by atoms with van der Waals surface area (Å²) in [6.07, 6.45) is 2.00. The minimum Gasteiger partial charge on any atom is -0.309 e. The van der Waals surface area contributed by atoms with E-state index in [4.69, 9.17) is 9.97 Å². The normalized spacial score (nSPS) is 12.2. The van der Waals surface area contributed by atoms with Gasteiger partial charge in [0.1, 0.15) is 0 Å². The molecule has 3 heterocycles. The zero-order chi connectivity index (χ0) is 31.3. The smallest absolute Gasteiger partial charge is 0.159 e. The van der Waals surface area contributed by atoms with Crippen molar-refractivity contribution in [1.82, 2.24) is 19.1 Å². The second-order valence-corrected chi connectivity index (χ2v) is 12.6. The first-order chi connectivity index (χ1) is 23.8. The maximum atomic E-state index is 5.19. The zero-order valence-corrected chi connectivity index (χ0v) is 25.8. The molecule has 0 fully saturated rings. The molecule has 4 heteroatoms. The van der Waals surface area contributed by atoms with Gasteiger partial charge in [0.15, 0.2) is 5.82 Å². The quantitative estimate of drug-likeness (QED) is 0.199. The van der Waals surface area contributed by atoms with Crippen molar-refractivity contribution in [1.29, 1.82) is 0 Å². The molecular formula is C44H26N4. The third-order valence-electron chi connectivity index (χ3n) is 10.1. The molecule has 0 unspecified atom stereocenters. The molecule has 0 saturated carbocycles. The first-order valence-corrected chi connectivity index (χ1v) is 16.3. The summed E-state index contributed by atoms with van der Waals surface area (Å²) in [5, 5.41) is 7.47. The van der Waals surface area contributed by atoms with Crippen molar-refractivity contribution in [2.75, 3.05) is 0 Å². The Bertz CT molecular complexity index is 2900. The van der Waals surface area contributed by atoms with E-state index in [1.165, 1.54) is 60.0 Å². The Labute approximate surface area is 275 Å². The lowest BCUT2D eigenvalue weighted by Gasteiger charge is -2.12. The molecular weight excluding hydrogens is 585 g/mol. The van der Waals surface area contributed by atoms with Crippen molar-refractivity contribution >= 4 is 54.4 Å². The minimum absolute atomic E-state index is 0.729. The van der Waals surface area contributed by atoms with Gasteiger partial charge in [-0.15, -0.1) is 0 Å². The molecule has 11 rings (SSSR count). The SMILES string of the molecule is c1cc(-c2ncc3c(n2)-c2cccc4cccc-3c24)cc(-n2c3ccccc3c3ccc(-n4c5ccccc5c5ccccc54)cc32)c1. The van der Waals surface area contributed by atoms with E-state index in [2.05, 4.69) is 161 Å². The summed E-state index contributed by atoms with van der Waals surface area (Å²) in [6.45, 7) is 0. The number of hydrogen-bond donors (Lipinski definition) is 0. The standard InChI is InChI=1S/C44H26N4/c1-4-19-38-31(14-1)32-15-2-5-20-39(32)47(38)30-22-23-34-33-16-3-6-21-40(33)48(41(34)25-30)29-13-7-12-28(24-29)44-45-26-37-35-17-8-10-27-11-9-18-36(42(27)35)43(37)46-44/h1-26H. The summed E-state index contributed by atoms with van der Waals surface area (Å²) >= 11 is 0. The Kier molecular flexibility index (Phi) is 5.08. The van der Waals surface area contributed by atoms with E-state index in [1.54, 1.807) is 0 Å². The number of aromatic nitrogens is 4. The molecule has 0 aliphatic heterocycles. The monoisotopic (exact) mass is 610 g/mol. The summed E-state index contributed by atoms with van der Waals surface area (Å²) in [5.41, 5.74) is 12.4.